The molecular weight excluding hydrogens is 324 g/mol. The standard InChI is InChI=1S/C18H17ClN4O/c1-11-15-14-7-8-23(10-13(14)9-20-17(15)22-21-11)18(24)16(19)12-5-3-2-4-6-12/h2-6,9,16H,7-8,10H2,1H3,(H,20,21,22). The first-order valence-corrected chi connectivity index (χ1v) is 8.38. The van der Waals surface area contributed by atoms with Crippen LogP contribution in [0.15, 0.2) is 36.5 Å². The lowest BCUT2D eigenvalue weighted by Crippen LogP contribution is -2.38. The third kappa shape index (κ3) is 2.45. The highest BCUT2D eigenvalue weighted by Crippen LogP contribution is 2.30. The van der Waals surface area contributed by atoms with E-state index in [-0.39, 0.29) is 5.91 Å². The maximum atomic E-state index is 12.7. The SMILES string of the molecule is Cc1[nH]nc2ncc3c(c12)CCN(C(=O)C(Cl)c1ccccc1)C3. The Balaban J connectivity index is 1.61. The summed E-state index contributed by atoms with van der Waals surface area (Å²) in [6, 6.07) is 9.47. The number of fused-ring (bicyclic) bond motifs is 3. The molecule has 5 nitrogen and oxygen atoms in total. The van der Waals surface area contributed by atoms with E-state index in [1.165, 1.54) is 5.56 Å². The van der Waals surface area contributed by atoms with Crippen molar-refractivity contribution in [3.8, 4) is 0 Å². The topological polar surface area (TPSA) is 61.9 Å². The van der Waals surface area contributed by atoms with Crippen molar-refractivity contribution >= 4 is 28.5 Å². The van der Waals surface area contributed by atoms with Crippen LogP contribution in [-0.4, -0.2) is 32.5 Å². The minimum Gasteiger partial charge on any atom is -0.336 e. The largest absolute Gasteiger partial charge is 0.336 e. The number of alkyl halides is 1. The van der Waals surface area contributed by atoms with Crippen LogP contribution in [0.5, 0.6) is 0 Å². The molecular formula is C18H17ClN4O. The number of hydrogen-bond acceptors (Lipinski definition) is 3. The zero-order valence-corrected chi connectivity index (χ0v) is 14.0. The summed E-state index contributed by atoms with van der Waals surface area (Å²) in [5.74, 6) is -0.0578. The van der Waals surface area contributed by atoms with Gasteiger partial charge in [-0.3, -0.25) is 9.89 Å². The van der Waals surface area contributed by atoms with Crippen molar-refractivity contribution in [1.82, 2.24) is 20.1 Å². The second-order valence-corrected chi connectivity index (χ2v) is 6.53. The van der Waals surface area contributed by atoms with Gasteiger partial charge in [0.05, 0.1) is 0 Å². The monoisotopic (exact) mass is 340 g/mol. The van der Waals surface area contributed by atoms with E-state index in [1.807, 2.05) is 48.4 Å². The van der Waals surface area contributed by atoms with Gasteiger partial charge in [0.15, 0.2) is 5.65 Å². The molecule has 24 heavy (non-hydrogen) atoms. The smallest absolute Gasteiger partial charge is 0.245 e. The van der Waals surface area contributed by atoms with E-state index in [1.54, 1.807) is 0 Å². The Hall–Kier alpha value is -2.40. The molecule has 3 heterocycles. The molecule has 1 amide bonds. The highest BCUT2D eigenvalue weighted by atomic mass is 35.5. The summed E-state index contributed by atoms with van der Waals surface area (Å²) in [5.41, 5.74) is 4.90. The summed E-state index contributed by atoms with van der Waals surface area (Å²) in [6.07, 6.45) is 2.61. The first-order chi connectivity index (χ1) is 11.6. The number of pyridine rings is 1. The summed E-state index contributed by atoms with van der Waals surface area (Å²) < 4.78 is 0. The highest BCUT2D eigenvalue weighted by Gasteiger charge is 2.28. The molecule has 2 aromatic heterocycles. The predicted octanol–water partition coefficient (Wildman–Crippen LogP) is 3.13. The predicted molar refractivity (Wildman–Crippen MR) is 92.8 cm³/mol. The fourth-order valence-electron chi connectivity index (χ4n) is 3.31. The number of rotatable bonds is 2. The zero-order chi connectivity index (χ0) is 16.7. The molecule has 3 aromatic rings. The van der Waals surface area contributed by atoms with E-state index in [2.05, 4.69) is 15.2 Å². The Morgan fingerprint density at radius 2 is 2.12 bits per heavy atom. The number of H-pyrrole nitrogens is 1. The Bertz CT molecular complexity index is 906. The van der Waals surface area contributed by atoms with Gasteiger partial charge in [-0.15, -0.1) is 11.6 Å². The van der Waals surface area contributed by atoms with Crippen LogP contribution >= 0.6 is 11.6 Å². The Morgan fingerprint density at radius 1 is 1.33 bits per heavy atom. The molecule has 0 aliphatic carbocycles. The van der Waals surface area contributed by atoms with Crippen molar-refractivity contribution in [3.63, 3.8) is 0 Å². The van der Waals surface area contributed by atoms with Crippen molar-refractivity contribution in [2.45, 2.75) is 25.3 Å². The molecule has 0 fully saturated rings. The van der Waals surface area contributed by atoms with Gasteiger partial charge in [-0.05, 0) is 30.0 Å². The molecule has 0 bridgehead atoms. The third-order valence-corrected chi connectivity index (χ3v) is 5.01. The molecule has 1 aliphatic rings. The number of halogens is 1. The van der Waals surface area contributed by atoms with E-state index in [0.29, 0.717) is 13.1 Å². The number of nitrogens with one attached hydrogen (secondary N) is 1. The first kappa shape index (κ1) is 15.1. The van der Waals surface area contributed by atoms with Crippen molar-refractivity contribution < 1.29 is 4.79 Å². The molecule has 1 aliphatic heterocycles. The molecule has 1 N–H and O–H groups in total. The molecule has 0 spiro atoms. The zero-order valence-electron chi connectivity index (χ0n) is 13.3. The first-order valence-electron chi connectivity index (χ1n) is 7.94. The van der Waals surface area contributed by atoms with Crippen LogP contribution in [0.2, 0.25) is 0 Å². The van der Waals surface area contributed by atoms with Gasteiger partial charge in [0, 0.05) is 30.4 Å². The van der Waals surface area contributed by atoms with E-state index in [4.69, 9.17) is 11.6 Å². The number of carbonyl (C=O) groups excluding carboxylic acids is 1. The Kier molecular flexibility index (Phi) is 3.73. The van der Waals surface area contributed by atoms with Gasteiger partial charge in [-0.1, -0.05) is 30.3 Å². The maximum Gasteiger partial charge on any atom is 0.245 e. The van der Waals surface area contributed by atoms with E-state index >= 15 is 0 Å². The quantitative estimate of drug-likeness (QED) is 0.729. The number of hydrogen-bond donors (Lipinski definition) is 1. The molecule has 0 saturated heterocycles. The molecule has 6 heteroatoms. The number of aromatic nitrogens is 3. The number of amides is 1. The van der Waals surface area contributed by atoms with Crippen LogP contribution in [0.1, 0.15) is 27.8 Å². The van der Waals surface area contributed by atoms with Crippen LogP contribution in [0.4, 0.5) is 0 Å². The average molecular weight is 341 g/mol. The van der Waals surface area contributed by atoms with Crippen LogP contribution in [0.3, 0.4) is 0 Å². The van der Waals surface area contributed by atoms with E-state index < -0.39 is 5.38 Å². The summed E-state index contributed by atoms with van der Waals surface area (Å²) in [4.78, 5) is 19.0. The lowest BCUT2D eigenvalue weighted by Gasteiger charge is -2.30. The summed E-state index contributed by atoms with van der Waals surface area (Å²) in [6.45, 7) is 3.20. The Morgan fingerprint density at radius 3 is 2.92 bits per heavy atom. The maximum absolute atomic E-state index is 12.7. The van der Waals surface area contributed by atoms with Gasteiger partial charge in [-0.25, -0.2) is 4.98 Å². The number of aromatic amines is 1. The minimum atomic E-state index is -0.653. The van der Waals surface area contributed by atoms with Crippen molar-refractivity contribution in [2.75, 3.05) is 6.54 Å². The number of nitrogens with zero attached hydrogens (tertiary/aromatic N) is 3. The number of aryl methyl sites for hydroxylation is 1. The Labute approximate surface area is 144 Å². The third-order valence-electron chi connectivity index (χ3n) is 4.57. The van der Waals surface area contributed by atoms with Crippen molar-refractivity contribution in [3.05, 3.63) is 58.9 Å². The van der Waals surface area contributed by atoms with Crippen LogP contribution < -0.4 is 0 Å². The lowest BCUT2D eigenvalue weighted by molar-refractivity contribution is -0.131. The van der Waals surface area contributed by atoms with Gasteiger partial charge in [0.25, 0.3) is 0 Å². The van der Waals surface area contributed by atoms with Crippen LogP contribution in [0.25, 0.3) is 11.0 Å². The fraction of sp³-hybridized carbons (Fsp3) is 0.278. The van der Waals surface area contributed by atoms with Crippen LogP contribution in [-0.2, 0) is 17.8 Å². The van der Waals surface area contributed by atoms with Gasteiger partial charge in [-0.2, -0.15) is 5.10 Å². The fourth-order valence-corrected chi connectivity index (χ4v) is 3.60. The number of benzene rings is 1. The highest BCUT2D eigenvalue weighted by molar-refractivity contribution is 6.30. The van der Waals surface area contributed by atoms with Crippen molar-refractivity contribution in [1.29, 1.82) is 0 Å². The molecule has 0 radical (unpaired) electrons. The molecule has 1 unspecified atom stereocenters. The number of carbonyl (C=O) groups is 1. The average Bonchev–Trinajstić information content (AvgIpc) is 3.02. The summed E-state index contributed by atoms with van der Waals surface area (Å²) in [5, 5.41) is 7.63. The molecule has 4 rings (SSSR count). The van der Waals surface area contributed by atoms with Gasteiger partial charge in [0.1, 0.15) is 5.38 Å². The van der Waals surface area contributed by atoms with E-state index in [0.717, 1.165) is 34.3 Å². The van der Waals surface area contributed by atoms with Crippen molar-refractivity contribution in [2.24, 2.45) is 0 Å². The van der Waals surface area contributed by atoms with E-state index in [9.17, 15) is 4.79 Å². The molecule has 1 aromatic carbocycles. The van der Waals surface area contributed by atoms with Crippen LogP contribution in [0, 0.1) is 6.92 Å². The summed E-state index contributed by atoms with van der Waals surface area (Å²) in [7, 11) is 0. The molecule has 1 atom stereocenters. The summed E-state index contributed by atoms with van der Waals surface area (Å²) >= 11 is 6.40. The second kappa shape index (κ2) is 5.91. The lowest BCUT2D eigenvalue weighted by atomic mass is 9.97. The van der Waals surface area contributed by atoms with Gasteiger partial charge in [0.2, 0.25) is 5.91 Å². The van der Waals surface area contributed by atoms with Gasteiger partial charge >= 0.3 is 0 Å². The second-order valence-electron chi connectivity index (χ2n) is 6.09. The normalized spacial score (nSPS) is 15.3. The molecule has 122 valence electrons. The minimum absolute atomic E-state index is 0.0578. The van der Waals surface area contributed by atoms with Gasteiger partial charge < -0.3 is 4.90 Å². The molecule has 0 saturated carbocycles.